The second-order valence-corrected chi connectivity index (χ2v) is 8.45. The van der Waals surface area contributed by atoms with Crippen LogP contribution in [0.25, 0.3) is 22.6 Å². The summed E-state index contributed by atoms with van der Waals surface area (Å²) in [4.78, 5) is 9.20. The second-order valence-electron chi connectivity index (χ2n) is 5.44. The maximum absolute atomic E-state index is 14.2. The van der Waals surface area contributed by atoms with Crippen molar-refractivity contribution in [1.29, 1.82) is 0 Å². The van der Waals surface area contributed by atoms with Crippen LogP contribution in [0.1, 0.15) is 17.3 Å². The van der Waals surface area contributed by atoms with Gasteiger partial charge in [0.05, 0.1) is 22.1 Å². The van der Waals surface area contributed by atoms with E-state index in [1.165, 1.54) is 11.3 Å². The normalized spacial score (nSPS) is 12.1. The van der Waals surface area contributed by atoms with Crippen LogP contribution in [0.3, 0.4) is 0 Å². The summed E-state index contributed by atoms with van der Waals surface area (Å²) in [6, 6.07) is 1.49. The molecule has 1 aromatic carbocycles. The van der Waals surface area contributed by atoms with Crippen molar-refractivity contribution in [3.63, 3.8) is 0 Å². The van der Waals surface area contributed by atoms with Gasteiger partial charge in [0.2, 0.25) is 0 Å². The number of aromatic nitrogens is 3. The number of halogens is 4. The van der Waals surface area contributed by atoms with Crippen molar-refractivity contribution in [2.45, 2.75) is 18.2 Å². The molecule has 26 heavy (non-hydrogen) atoms. The van der Waals surface area contributed by atoms with Crippen LogP contribution < -0.4 is 0 Å². The van der Waals surface area contributed by atoms with Gasteiger partial charge in [0, 0.05) is 17.2 Å². The van der Waals surface area contributed by atoms with E-state index in [4.69, 9.17) is 0 Å². The summed E-state index contributed by atoms with van der Waals surface area (Å²) in [6.45, 7) is 1.71. The van der Waals surface area contributed by atoms with E-state index in [-0.39, 0.29) is 22.6 Å². The Morgan fingerprint density at radius 3 is 2.23 bits per heavy atom. The summed E-state index contributed by atoms with van der Waals surface area (Å²) in [5, 5.41) is 2.24. The van der Waals surface area contributed by atoms with Crippen molar-refractivity contribution in [2.24, 2.45) is 0 Å². The molecule has 11 heteroatoms. The number of hydrogen-bond donors (Lipinski definition) is 1. The summed E-state index contributed by atoms with van der Waals surface area (Å²) < 4.78 is 77.4. The van der Waals surface area contributed by atoms with Gasteiger partial charge in [0.1, 0.15) is 16.5 Å². The Bertz CT molecular complexity index is 1070. The quantitative estimate of drug-likeness (QED) is 0.663. The van der Waals surface area contributed by atoms with E-state index < -0.39 is 38.6 Å². The SMILES string of the molecule is Cc1nc(-c2[nH]c(C(F)F)nc2-c2cc(F)c(S(C)(=O)=O)c(F)c2)cs1. The lowest BCUT2D eigenvalue weighted by Crippen LogP contribution is -2.05. The van der Waals surface area contributed by atoms with E-state index in [1.54, 1.807) is 12.3 Å². The monoisotopic (exact) mass is 405 g/mol. The molecular weight excluding hydrogens is 394 g/mol. The lowest BCUT2D eigenvalue weighted by Gasteiger charge is -2.06. The first kappa shape index (κ1) is 18.5. The summed E-state index contributed by atoms with van der Waals surface area (Å²) in [5.74, 6) is -3.34. The molecule has 0 aliphatic rings. The van der Waals surface area contributed by atoms with Crippen LogP contribution in [-0.2, 0) is 9.84 Å². The minimum absolute atomic E-state index is 0.0653. The Labute approximate surface area is 149 Å². The van der Waals surface area contributed by atoms with E-state index in [0.29, 0.717) is 11.3 Å². The van der Waals surface area contributed by atoms with Crippen molar-refractivity contribution in [1.82, 2.24) is 15.0 Å². The number of aryl methyl sites for hydroxylation is 1. The minimum Gasteiger partial charge on any atom is -0.335 e. The minimum atomic E-state index is -4.14. The highest BCUT2D eigenvalue weighted by molar-refractivity contribution is 7.90. The van der Waals surface area contributed by atoms with E-state index in [0.717, 1.165) is 12.1 Å². The van der Waals surface area contributed by atoms with Crippen LogP contribution in [-0.4, -0.2) is 29.6 Å². The lowest BCUT2D eigenvalue weighted by atomic mass is 10.1. The molecule has 0 radical (unpaired) electrons. The summed E-state index contributed by atoms with van der Waals surface area (Å²) in [7, 11) is -4.14. The Balaban J connectivity index is 2.24. The number of nitrogens with zero attached hydrogens (tertiary/aromatic N) is 2. The smallest absolute Gasteiger partial charge is 0.295 e. The third kappa shape index (κ3) is 3.36. The third-order valence-corrected chi connectivity index (χ3v) is 5.35. The van der Waals surface area contributed by atoms with Gasteiger partial charge in [0.15, 0.2) is 15.7 Å². The summed E-state index contributed by atoms with van der Waals surface area (Å²) in [6.07, 6.45) is -2.27. The molecular formula is C15H11F4N3O2S2. The van der Waals surface area contributed by atoms with Crippen LogP contribution in [0.5, 0.6) is 0 Å². The van der Waals surface area contributed by atoms with Crippen LogP contribution in [0, 0.1) is 18.6 Å². The van der Waals surface area contributed by atoms with Crippen LogP contribution in [0.4, 0.5) is 17.6 Å². The Kier molecular flexibility index (Phi) is 4.61. The second kappa shape index (κ2) is 6.47. The highest BCUT2D eigenvalue weighted by atomic mass is 32.2. The summed E-state index contributed by atoms with van der Waals surface area (Å²) >= 11 is 1.26. The van der Waals surface area contributed by atoms with Crippen molar-refractivity contribution in [2.75, 3.05) is 6.26 Å². The highest BCUT2D eigenvalue weighted by Gasteiger charge is 2.25. The standard InChI is InChI=1S/C15H11F4N3O2S2/c1-6-20-10(5-25-6)12-11(21-15(22-12)14(18)19)7-3-8(16)13(9(17)4-7)26(2,23)24/h3-5,14H,1-2H3,(H,21,22). The fourth-order valence-corrected chi connectivity index (χ4v) is 3.85. The third-order valence-electron chi connectivity index (χ3n) is 3.45. The maximum Gasteiger partial charge on any atom is 0.295 e. The van der Waals surface area contributed by atoms with Gasteiger partial charge in [-0.15, -0.1) is 11.3 Å². The zero-order valence-corrected chi connectivity index (χ0v) is 15.0. The number of thiazole rings is 1. The van der Waals surface area contributed by atoms with Crippen LogP contribution in [0.2, 0.25) is 0 Å². The molecule has 0 unspecified atom stereocenters. The topological polar surface area (TPSA) is 75.7 Å². The molecule has 138 valence electrons. The van der Waals surface area contributed by atoms with Gasteiger partial charge in [-0.05, 0) is 19.1 Å². The van der Waals surface area contributed by atoms with Crippen molar-refractivity contribution in [3.8, 4) is 22.6 Å². The van der Waals surface area contributed by atoms with E-state index >= 15 is 0 Å². The number of aromatic amines is 1. The summed E-state index contributed by atoms with van der Waals surface area (Å²) in [5.41, 5.74) is 0.0186. The first-order valence-corrected chi connectivity index (χ1v) is 9.85. The molecule has 0 aliphatic heterocycles. The molecule has 0 amide bonds. The fourth-order valence-electron chi connectivity index (χ4n) is 2.42. The number of hydrogen-bond acceptors (Lipinski definition) is 5. The number of benzene rings is 1. The molecule has 0 saturated heterocycles. The molecule has 0 saturated carbocycles. The lowest BCUT2D eigenvalue weighted by molar-refractivity contribution is 0.141. The van der Waals surface area contributed by atoms with E-state index in [1.807, 2.05) is 0 Å². The molecule has 0 bridgehead atoms. The number of sulfone groups is 1. The van der Waals surface area contributed by atoms with Crippen molar-refractivity contribution >= 4 is 21.2 Å². The molecule has 0 aliphatic carbocycles. The molecule has 2 heterocycles. The van der Waals surface area contributed by atoms with Gasteiger partial charge in [0.25, 0.3) is 6.43 Å². The largest absolute Gasteiger partial charge is 0.335 e. The average Bonchev–Trinajstić information content (AvgIpc) is 3.10. The van der Waals surface area contributed by atoms with Crippen molar-refractivity contribution < 1.29 is 26.0 Å². The molecule has 0 atom stereocenters. The molecule has 0 spiro atoms. The molecule has 5 nitrogen and oxygen atoms in total. The number of H-pyrrole nitrogens is 1. The Morgan fingerprint density at radius 2 is 1.77 bits per heavy atom. The fraction of sp³-hybridized carbons (Fsp3) is 0.200. The zero-order valence-electron chi connectivity index (χ0n) is 13.3. The molecule has 0 fully saturated rings. The highest BCUT2D eigenvalue weighted by Crippen LogP contribution is 2.35. The van der Waals surface area contributed by atoms with Gasteiger partial charge >= 0.3 is 0 Å². The number of nitrogens with one attached hydrogen (secondary N) is 1. The number of rotatable bonds is 4. The predicted molar refractivity (Wildman–Crippen MR) is 87.9 cm³/mol. The van der Waals surface area contributed by atoms with Crippen LogP contribution in [0.15, 0.2) is 22.4 Å². The first-order chi connectivity index (χ1) is 12.1. The van der Waals surface area contributed by atoms with Gasteiger partial charge in [-0.2, -0.15) is 0 Å². The Morgan fingerprint density at radius 1 is 1.15 bits per heavy atom. The average molecular weight is 405 g/mol. The van der Waals surface area contributed by atoms with E-state index in [2.05, 4.69) is 15.0 Å². The Hall–Kier alpha value is -2.27. The molecule has 1 N–H and O–H groups in total. The number of alkyl halides is 2. The van der Waals surface area contributed by atoms with Gasteiger partial charge in [-0.1, -0.05) is 0 Å². The zero-order chi connectivity index (χ0) is 19.2. The number of imidazole rings is 1. The molecule has 2 aromatic heterocycles. The van der Waals surface area contributed by atoms with Gasteiger partial charge in [-0.25, -0.2) is 35.9 Å². The van der Waals surface area contributed by atoms with Gasteiger partial charge in [-0.3, -0.25) is 0 Å². The van der Waals surface area contributed by atoms with Crippen molar-refractivity contribution in [3.05, 3.63) is 40.0 Å². The maximum atomic E-state index is 14.2. The molecule has 3 aromatic rings. The van der Waals surface area contributed by atoms with Gasteiger partial charge < -0.3 is 4.98 Å². The van der Waals surface area contributed by atoms with E-state index in [9.17, 15) is 26.0 Å². The van der Waals surface area contributed by atoms with Crippen LogP contribution >= 0.6 is 11.3 Å². The first-order valence-electron chi connectivity index (χ1n) is 7.08. The predicted octanol–water partition coefficient (Wildman–Crippen LogP) is 4.13. The molecule has 3 rings (SSSR count).